The minimum Gasteiger partial charge on any atom is -0.497 e. The van der Waals surface area contributed by atoms with Gasteiger partial charge < -0.3 is 29.0 Å². The van der Waals surface area contributed by atoms with Crippen LogP contribution in [0.2, 0.25) is 0 Å². The summed E-state index contributed by atoms with van der Waals surface area (Å²) in [6.45, 7) is 0.397. The van der Waals surface area contributed by atoms with E-state index in [2.05, 4.69) is 0 Å². The van der Waals surface area contributed by atoms with E-state index in [-0.39, 0.29) is 31.6 Å². The minimum absolute atomic E-state index is 0.0169. The van der Waals surface area contributed by atoms with Crippen LogP contribution in [0.3, 0.4) is 0 Å². The van der Waals surface area contributed by atoms with Gasteiger partial charge in [-0.2, -0.15) is 0 Å². The maximum Gasteiger partial charge on any atom is 0.326 e. The zero-order valence-electron chi connectivity index (χ0n) is 22.9. The van der Waals surface area contributed by atoms with Crippen molar-refractivity contribution in [1.82, 2.24) is 4.90 Å². The molecule has 210 valence electrons. The van der Waals surface area contributed by atoms with Crippen molar-refractivity contribution >= 4 is 11.9 Å². The van der Waals surface area contributed by atoms with Crippen LogP contribution in [0.5, 0.6) is 17.2 Å². The molecule has 0 aromatic heterocycles. The summed E-state index contributed by atoms with van der Waals surface area (Å²) < 4.78 is 23.4. The molecule has 5 rings (SSSR count). The molecule has 1 aliphatic carbocycles. The van der Waals surface area contributed by atoms with E-state index in [0.29, 0.717) is 11.5 Å². The summed E-state index contributed by atoms with van der Waals surface area (Å²) in [6, 6.07) is 19.5. The molecule has 40 heavy (non-hydrogen) atoms. The predicted molar refractivity (Wildman–Crippen MR) is 149 cm³/mol. The van der Waals surface area contributed by atoms with Crippen molar-refractivity contribution in [2.45, 2.75) is 63.5 Å². The van der Waals surface area contributed by atoms with Crippen molar-refractivity contribution in [2.24, 2.45) is 0 Å². The van der Waals surface area contributed by atoms with E-state index >= 15 is 0 Å². The average molecular weight is 546 g/mol. The summed E-state index contributed by atoms with van der Waals surface area (Å²) in [5, 5.41) is 10.3. The van der Waals surface area contributed by atoms with E-state index in [1.807, 2.05) is 60.7 Å². The zero-order valence-corrected chi connectivity index (χ0v) is 22.9. The second kappa shape index (κ2) is 12.4. The first kappa shape index (κ1) is 27.5. The number of carboxylic acid groups (broad SMARTS) is 1. The first-order chi connectivity index (χ1) is 19.5. The number of carbonyl (C=O) groups is 2. The van der Waals surface area contributed by atoms with E-state index < -0.39 is 18.1 Å². The van der Waals surface area contributed by atoms with Gasteiger partial charge in [-0.1, -0.05) is 61.4 Å². The summed E-state index contributed by atoms with van der Waals surface area (Å²) in [4.78, 5) is 28.1. The molecule has 0 bridgehead atoms. The second-order valence-corrected chi connectivity index (χ2v) is 10.2. The molecule has 0 saturated heterocycles. The van der Waals surface area contributed by atoms with Gasteiger partial charge in [0.1, 0.15) is 18.4 Å². The predicted octanol–water partition coefficient (Wildman–Crippen LogP) is 5.32. The van der Waals surface area contributed by atoms with Gasteiger partial charge in [0.05, 0.1) is 20.3 Å². The number of hydrogen-bond acceptors (Lipinski definition) is 6. The summed E-state index contributed by atoms with van der Waals surface area (Å²) in [5.41, 5.74) is 3.21. The number of rotatable bonds is 10. The lowest BCUT2D eigenvalue weighted by Crippen LogP contribution is -2.50. The Hall–Kier alpha value is -4.04. The standard InChI is InChI=1S/C32H35NO7/c1-37-24-15-12-21(13-16-24)20-39-30-26-18-27(32(35)36)33(19-23(26)14-17-28(30)38-2)31(34)29(22-8-4-3-5-9-22)40-25-10-6-7-11-25/h3-5,8-9,12-17,25,27,29H,6-7,10-11,18-20H2,1-2H3,(H,35,36)/t27-,29+/m1/s1. The fourth-order valence-electron chi connectivity index (χ4n) is 5.54. The molecule has 2 aliphatic rings. The van der Waals surface area contributed by atoms with Crippen LogP contribution >= 0.6 is 0 Å². The van der Waals surface area contributed by atoms with Crippen molar-refractivity contribution in [1.29, 1.82) is 0 Å². The van der Waals surface area contributed by atoms with Crippen molar-refractivity contribution in [2.75, 3.05) is 14.2 Å². The van der Waals surface area contributed by atoms with Gasteiger partial charge in [0.2, 0.25) is 0 Å². The smallest absolute Gasteiger partial charge is 0.326 e. The molecule has 0 unspecified atom stereocenters. The molecule has 1 fully saturated rings. The molecular weight excluding hydrogens is 510 g/mol. The highest BCUT2D eigenvalue weighted by atomic mass is 16.5. The van der Waals surface area contributed by atoms with Crippen LogP contribution in [0.1, 0.15) is 54.0 Å². The highest BCUT2D eigenvalue weighted by molar-refractivity contribution is 5.88. The van der Waals surface area contributed by atoms with Crippen molar-refractivity contribution in [3.8, 4) is 17.2 Å². The van der Waals surface area contributed by atoms with Gasteiger partial charge >= 0.3 is 5.97 Å². The summed E-state index contributed by atoms with van der Waals surface area (Å²) in [5.74, 6) is 0.348. The number of fused-ring (bicyclic) bond motifs is 1. The lowest BCUT2D eigenvalue weighted by Gasteiger charge is -2.37. The van der Waals surface area contributed by atoms with Gasteiger partial charge in [0.15, 0.2) is 17.6 Å². The van der Waals surface area contributed by atoms with Crippen LogP contribution < -0.4 is 14.2 Å². The molecule has 1 amide bonds. The van der Waals surface area contributed by atoms with Crippen LogP contribution in [0.15, 0.2) is 66.7 Å². The molecule has 3 aromatic rings. The van der Waals surface area contributed by atoms with Gasteiger partial charge in [-0.05, 0) is 47.7 Å². The average Bonchev–Trinajstić information content (AvgIpc) is 3.51. The second-order valence-electron chi connectivity index (χ2n) is 10.2. The normalized spacial score (nSPS) is 17.6. The fourth-order valence-corrected chi connectivity index (χ4v) is 5.54. The van der Waals surface area contributed by atoms with Crippen LogP contribution in [0, 0.1) is 0 Å². The van der Waals surface area contributed by atoms with Crippen molar-refractivity contribution < 1.29 is 33.6 Å². The number of aliphatic carboxylic acids is 1. The Bertz CT molecular complexity index is 1320. The highest BCUT2D eigenvalue weighted by Gasteiger charge is 2.41. The number of hydrogen-bond donors (Lipinski definition) is 1. The van der Waals surface area contributed by atoms with Gasteiger partial charge in [-0.3, -0.25) is 4.79 Å². The molecule has 2 atom stereocenters. The van der Waals surface area contributed by atoms with Crippen LogP contribution in [0.25, 0.3) is 0 Å². The Morgan fingerprint density at radius 3 is 2.33 bits per heavy atom. The number of carbonyl (C=O) groups excluding carboxylic acids is 1. The van der Waals surface area contributed by atoms with E-state index in [9.17, 15) is 14.7 Å². The van der Waals surface area contributed by atoms with Gasteiger partial charge in [-0.25, -0.2) is 4.79 Å². The lowest BCUT2D eigenvalue weighted by molar-refractivity contribution is -0.160. The zero-order chi connectivity index (χ0) is 28.1. The molecule has 0 spiro atoms. The topological polar surface area (TPSA) is 94.5 Å². The highest BCUT2D eigenvalue weighted by Crippen LogP contribution is 2.40. The maximum absolute atomic E-state index is 14.1. The van der Waals surface area contributed by atoms with Crippen LogP contribution in [-0.2, 0) is 33.9 Å². The van der Waals surface area contributed by atoms with Gasteiger partial charge in [0, 0.05) is 18.5 Å². The first-order valence-electron chi connectivity index (χ1n) is 13.7. The van der Waals surface area contributed by atoms with Crippen LogP contribution in [-0.4, -0.2) is 48.2 Å². The third kappa shape index (κ3) is 5.92. The molecule has 0 radical (unpaired) electrons. The molecular formula is C32H35NO7. The quantitative estimate of drug-likeness (QED) is 0.368. The molecule has 1 N–H and O–H groups in total. The number of amides is 1. The van der Waals surface area contributed by atoms with Crippen molar-refractivity contribution in [3.63, 3.8) is 0 Å². The molecule has 1 heterocycles. The largest absolute Gasteiger partial charge is 0.497 e. The van der Waals surface area contributed by atoms with Gasteiger partial charge in [0.25, 0.3) is 5.91 Å². The Labute approximate surface area is 234 Å². The molecule has 8 nitrogen and oxygen atoms in total. The van der Waals surface area contributed by atoms with Gasteiger partial charge in [-0.15, -0.1) is 0 Å². The van der Waals surface area contributed by atoms with E-state index in [0.717, 1.165) is 53.7 Å². The molecule has 1 aliphatic heterocycles. The van der Waals surface area contributed by atoms with E-state index in [1.165, 1.54) is 4.90 Å². The number of methoxy groups -OCH3 is 2. The summed E-state index contributed by atoms with van der Waals surface area (Å²) >= 11 is 0. The Kier molecular flexibility index (Phi) is 8.55. The van der Waals surface area contributed by atoms with Crippen molar-refractivity contribution in [3.05, 3.63) is 89.0 Å². The van der Waals surface area contributed by atoms with Crippen LogP contribution in [0.4, 0.5) is 0 Å². The summed E-state index contributed by atoms with van der Waals surface area (Å²) in [7, 11) is 3.17. The molecule has 8 heteroatoms. The number of ether oxygens (including phenoxy) is 4. The Morgan fingerprint density at radius 2 is 1.68 bits per heavy atom. The molecule has 3 aromatic carbocycles. The Morgan fingerprint density at radius 1 is 0.950 bits per heavy atom. The SMILES string of the molecule is COc1ccc(COc2c(OC)ccc3c2C[C@H](C(=O)O)N(C(=O)[C@@H](OC2CCCC2)c2ccccc2)C3)cc1. The summed E-state index contributed by atoms with van der Waals surface area (Å²) in [6.07, 6.45) is 3.14. The lowest BCUT2D eigenvalue weighted by atomic mass is 9.91. The maximum atomic E-state index is 14.1. The number of nitrogens with zero attached hydrogens (tertiary/aromatic N) is 1. The van der Waals surface area contributed by atoms with E-state index in [1.54, 1.807) is 20.3 Å². The first-order valence-corrected chi connectivity index (χ1v) is 13.7. The minimum atomic E-state index is -1.08. The Balaban J connectivity index is 1.44. The van der Waals surface area contributed by atoms with E-state index in [4.69, 9.17) is 18.9 Å². The number of carboxylic acids is 1. The fraction of sp³-hybridized carbons (Fsp3) is 0.375. The third-order valence-corrected chi connectivity index (χ3v) is 7.72. The third-order valence-electron chi connectivity index (χ3n) is 7.72. The number of benzene rings is 3. The monoisotopic (exact) mass is 545 g/mol. The molecule has 1 saturated carbocycles.